The van der Waals surface area contributed by atoms with E-state index in [1.54, 1.807) is 25.1 Å². The zero-order valence-electron chi connectivity index (χ0n) is 13.7. The highest BCUT2D eigenvalue weighted by molar-refractivity contribution is 5.20. The van der Waals surface area contributed by atoms with E-state index in [1.807, 2.05) is 0 Å². The van der Waals surface area contributed by atoms with Crippen molar-refractivity contribution in [3.05, 3.63) is 54.0 Å². The highest BCUT2D eigenvalue weighted by Gasteiger charge is 2.46. The molecule has 2 aromatic heterocycles. The Hall–Kier alpha value is -2.23. The quantitative estimate of drug-likeness (QED) is 0.861. The van der Waals surface area contributed by atoms with Gasteiger partial charge in [-0.1, -0.05) is 12.1 Å². The molecule has 1 aliphatic rings. The Labute approximate surface area is 147 Å². The third-order valence-electron chi connectivity index (χ3n) is 4.08. The maximum Gasteiger partial charge on any atom is 0.433 e. The molecule has 0 spiro atoms. The van der Waals surface area contributed by atoms with Crippen molar-refractivity contribution in [2.75, 3.05) is 0 Å². The van der Waals surface area contributed by atoms with Gasteiger partial charge in [-0.15, -0.1) is 0 Å². The van der Waals surface area contributed by atoms with Crippen molar-refractivity contribution in [1.82, 2.24) is 9.97 Å². The normalized spacial score (nSPS) is 29.4. The van der Waals surface area contributed by atoms with Gasteiger partial charge in [0.05, 0.1) is 11.8 Å². The number of hydrogen-bond acceptors (Lipinski definition) is 6. The molecule has 0 bridgehead atoms. The van der Waals surface area contributed by atoms with Crippen LogP contribution in [0.15, 0.2) is 42.6 Å². The van der Waals surface area contributed by atoms with Crippen LogP contribution in [0.3, 0.4) is 0 Å². The molecule has 0 unspecified atom stereocenters. The maximum atomic E-state index is 12.8. The second kappa shape index (κ2) is 7.18. The molecule has 1 saturated heterocycles. The number of aliphatic hydroxyl groups is 2. The summed E-state index contributed by atoms with van der Waals surface area (Å²) in [6, 6.07) is 8.22. The minimum absolute atomic E-state index is 0.338. The monoisotopic (exact) mass is 370 g/mol. The zero-order chi connectivity index (χ0) is 18.9. The molecule has 0 radical (unpaired) electrons. The lowest BCUT2D eigenvalue weighted by molar-refractivity contribution is -0.214. The molecular formula is C17H17F3N2O4. The average Bonchev–Trinajstić information content (AvgIpc) is 2.62. The van der Waals surface area contributed by atoms with Crippen LogP contribution < -0.4 is 4.74 Å². The molecule has 6 nitrogen and oxygen atoms in total. The van der Waals surface area contributed by atoms with Gasteiger partial charge in [-0.25, -0.2) is 4.98 Å². The van der Waals surface area contributed by atoms with Crippen molar-refractivity contribution in [1.29, 1.82) is 0 Å². The van der Waals surface area contributed by atoms with Crippen LogP contribution in [-0.2, 0) is 10.9 Å². The van der Waals surface area contributed by atoms with Gasteiger partial charge in [0.15, 0.2) is 6.10 Å². The first-order chi connectivity index (χ1) is 12.3. The van der Waals surface area contributed by atoms with E-state index in [0.717, 1.165) is 12.1 Å². The number of alkyl halides is 3. The molecule has 2 aromatic rings. The van der Waals surface area contributed by atoms with Crippen molar-refractivity contribution < 1.29 is 32.9 Å². The SMILES string of the molecule is C[C@H]1O[C@@H](c2ccccn2)[C@H](Oc2cccc(C(F)(F)F)n2)[C@@H](O)[C@H]1O. The Balaban J connectivity index is 1.91. The Morgan fingerprint density at radius 3 is 2.50 bits per heavy atom. The van der Waals surface area contributed by atoms with Gasteiger partial charge in [-0.05, 0) is 25.1 Å². The van der Waals surface area contributed by atoms with E-state index in [2.05, 4.69) is 9.97 Å². The third kappa shape index (κ3) is 3.79. The summed E-state index contributed by atoms with van der Waals surface area (Å²) in [6.07, 6.45) is -8.58. The average molecular weight is 370 g/mol. The van der Waals surface area contributed by atoms with Gasteiger partial charge in [-0.2, -0.15) is 13.2 Å². The number of aliphatic hydroxyl groups excluding tert-OH is 2. The summed E-state index contributed by atoms with van der Waals surface area (Å²) in [6.45, 7) is 1.57. The van der Waals surface area contributed by atoms with Crippen LogP contribution in [0.2, 0.25) is 0 Å². The number of nitrogens with zero attached hydrogens (tertiary/aromatic N) is 2. The van der Waals surface area contributed by atoms with Gasteiger partial charge in [0.25, 0.3) is 0 Å². The fourth-order valence-corrected chi connectivity index (χ4v) is 2.73. The molecule has 0 aliphatic carbocycles. The molecule has 26 heavy (non-hydrogen) atoms. The molecule has 2 N–H and O–H groups in total. The second-order valence-electron chi connectivity index (χ2n) is 5.94. The van der Waals surface area contributed by atoms with Gasteiger partial charge in [0, 0.05) is 12.3 Å². The highest BCUT2D eigenvalue weighted by atomic mass is 19.4. The minimum atomic E-state index is -4.63. The van der Waals surface area contributed by atoms with Crippen molar-refractivity contribution in [3.8, 4) is 5.88 Å². The van der Waals surface area contributed by atoms with E-state index in [9.17, 15) is 23.4 Å². The first-order valence-corrected chi connectivity index (χ1v) is 7.91. The van der Waals surface area contributed by atoms with E-state index < -0.39 is 42.4 Å². The summed E-state index contributed by atoms with van der Waals surface area (Å²) in [4.78, 5) is 7.58. The first-order valence-electron chi connectivity index (χ1n) is 7.91. The number of hydrogen-bond donors (Lipinski definition) is 2. The number of pyridine rings is 2. The summed E-state index contributed by atoms with van der Waals surface area (Å²) < 4.78 is 49.7. The zero-order valence-corrected chi connectivity index (χ0v) is 13.7. The molecule has 0 saturated carbocycles. The number of rotatable bonds is 3. The molecule has 1 aliphatic heterocycles. The summed E-state index contributed by atoms with van der Waals surface area (Å²) in [5.74, 6) is -0.338. The van der Waals surface area contributed by atoms with E-state index in [1.165, 1.54) is 12.3 Å². The number of halogens is 3. The summed E-state index contributed by atoms with van der Waals surface area (Å²) in [5.41, 5.74) is -0.702. The van der Waals surface area contributed by atoms with Gasteiger partial charge in [0.1, 0.15) is 24.0 Å². The van der Waals surface area contributed by atoms with Crippen LogP contribution in [0.25, 0.3) is 0 Å². The largest absolute Gasteiger partial charge is 0.468 e. The molecule has 9 heteroatoms. The van der Waals surface area contributed by atoms with Crippen LogP contribution in [0.4, 0.5) is 13.2 Å². The van der Waals surface area contributed by atoms with Crippen LogP contribution >= 0.6 is 0 Å². The van der Waals surface area contributed by atoms with E-state index in [-0.39, 0.29) is 5.88 Å². The number of aromatic nitrogens is 2. The molecule has 3 rings (SSSR count). The van der Waals surface area contributed by atoms with E-state index >= 15 is 0 Å². The molecular weight excluding hydrogens is 353 g/mol. The molecule has 0 aromatic carbocycles. The van der Waals surface area contributed by atoms with Crippen LogP contribution in [0, 0.1) is 0 Å². The lowest BCUT2D eigenvalue weighted by atomic mass is 9.93. The van der Waals surface area contributed by atoms with Crippen molar-refractivity contribution in [3.63, 3.8) is 0 Å². The van der Waals surface area contributed by atoms with Gasteiger partial charge < -0.3 is 19.7 Å². The summed E-state index contributed by atoms with van der Waals surface area (Å²) in [5, 5.41) is 20.5. The van der Waals surface area contributed by atoms with E-state index in [0.29, 0.717) is 5.69 Å². The van der Waals surface area contributed by atoms with Crippen molar-refractivity contribution >= 4 is 0 Å². The maximum absolute atomic E-state index is 12.8. The Morgan fingerprint density at radius 1 is 1.08 bits per heavy atom. The molecule has 3 heterocycles. The Bertz CT molecular complexity index is 744. The predicted octanol–water partition coefficient (Wildman–Crippen LogP) is 2.12. The lowest BCUT2D eigenvalue weighted by Gasteiger charge is -2.41. The van der Waals surface area contributed by atoms with Crippen LogP contribution in [-0.4, -0.2) is 44.6 Å². The predicted molar refractivity (Wildman–Crippen MR) is 83.2 cm³/mol. The van der Waals surface area contributed by atoms with Gasteiger partial charge in [0.2, 0.25) is 5.88 Å². The fraction of sp³-hybridized carbons (Fsp3) is 0.412. The van der Waals surface area contributed by atoms with E-state index in [4.69, 9.17) is 9.47 Å². The van der Waals surface area contributed by atoms with Gasteiger partial charge in [-0.3, -0.25) is 4.98 Å². The molecule has 1 fully saturated rings. The second-order valence-corrected chi connectivity index (χ2v) is 5.94. The topological polar surface area (TPSA) is 84.7 Å². The smallest absolute Gasteiger partial charge is 0.433 e. The molecule has 140 valence electrons. The van der Waals surface area contributed by atoms with Crippen molar-refractivity contribution in [2.45, 2.75) is 43.6 Å². The first kappa shape index (κ1) is 18.6. The van der Waals surface area contributed by atoms with Crippen LogP contribution in [0.5, 0.6) is 5.88 Å². The summed E-state index contributed by atoms with van der Waals surface area (Å²) >= 11 is 0. The Morgan fingerprint density at radius 2 is 1.85 bits per heavy atom. The lowest BCUT2D eigenvalue weighted by Crippen LogP contribution is -2.55. The van der Waals surface area contributed by atoms with Crippen molar-refractivity contribution in [2.24, 2.45) is 0 Å². The summed E-state index contributed by atoms with van der Waals surface area (Å²) in [7, 11) is 0. The number of ether oxygens (including phenoxy) is 2. The highest BCUT2D eigenvalue weighted by Crippen LogP contribution is 2.35. The fourth-order valence-electron chi connectivity index (χ4n) is 2.73. The standard InChI is InChI=1S/C17H17F3N2O4/c1-9-13(23)14(24)16(15(25-9)10-5-2-3-8-21-10)26-12-7-4-6-11(22-12)17(18,19)20/h2-9,13-16,23-24H,1H3/t9-,13+,14+,15+,16-/m1/s1. The molecule has 5 atom stereocenters. The third-order valence-corrected chi connectivity index (χ3v) is 4.08. The molecule has 0 amide bonds. The van der Waals surface area contributed by atoms with Crippen LogP contribution in [0.1, 0.15) is 24.4 Å². The van der Waals surface area contributed by atoms with Gasteiger partial charge >= 0.3 is 6.18 Å². The Kier molecular flexibility index (Phi) is 5.12. The minimum Gasteiger partial charge on any atom is -0.468 e.